The van der Waals surface area contributed by atoms with Gasteiger partial charge < -0.3 is 10.2 Å². The summed E-state index contributed by atoms with van der Waals surface area (Å²) in [6.07, 6.45) is 3.97. The average Bonchev–Trinajstić information content (AvgIpc) is 2.37. The lowest BCUT2D eigenvalue weighted by molar-refractivity contribution is -0.115. The van der Waals surface area contributed by atoms with Crippen molar-refractivity contribution in [3.8, 4) is 0 Å². The SMILES string of the molecule is CC(=O)CNc1cc(N2CCC(C)CC2)ncn1. The van der Waals surface area contributed by atoms with E-state index in [9.17, 15) is 4.79 Å². The summed E-state index contributed by atoms with van der Waals surface area (Å²) in [6.45, 7) is 6.25. The van der Waals surface area contributed by atoms with E-state index >= 15 is 0 Å². The monoisotopic (exact) mass is 248 g/mol. The van der Waals surface area contributed by atoms with Crippen LogP contribution in [0.15, 0.2) is 12.4 Å². The summed E-state index contributed by atoms with van der Waals surface area (Å²) >= 11 is 0. The number of Topliss-reactive ketones (excluding diaryl/α,β-unsaturated/α-hetero) is 1. The molecule has 0 unspecified atom stereocenters. The second-order valence-electron chi connectivity index (χ2n) is 4.99. The molecule has 1 aliphatic rings. The fraction of sp³-hybridized carbons (Fsp3) is 0.615. The number of nitrogens with one attached hydrogen (secondary N) is 1. The van der Waals surface area contributed by atoms with Crippen LogP contribution in [0.2, 0.25) is 0 Å². The van der Waals surface area contributed by atoms with Gasteiger partial charge in [0.2, 0.25) is 0 Å². The van der Waals surface area contributed by atoms with Crippen LogP contribution in [0.1, 0.15) is 26.7 Å². The number of hydrogen-bond donors (Lipinski definition) is 1. The molecule has 2 heterocycles. The molecule has 0 saturated carbocycles. The van der Waals surface area contributed by atoms with E-state index in [1.807, 2.05) is 6.07 Å². The minimum absolute atomic E-state index is 0.0990. The van der Waals surface area contributed by atoms with E-state index in [1.165, 1.54) is 12.8 Å². The summed E-state index contributed by atoms with van der Waals surface area (Å²) in [5.74, 6) is 2.57. The number of anilines is 2. The van der Waals surface area contributed by atoms with Gasteiger partial charge in [-0.15, -0.1) is 0 Å². The van der Waals surface area contributed by atoms with Crippen LogP contribution in [-0.2, 0) is 4.79 Å². The molecule has 0 aliphatic carbocycles. The fourth-order valence-electron chi connectivity index (χ4n) is 2.07. The van der Waals surface area contributed by atoms with E-state index in [1.54, 1.807) is 13.3 Å². The molecule has 18 heavy (non-hydrogen) atoms. The van der Waals surface area contributed by atoms with Crippen molar-refractivity contribution < 1.29 is 4.79 Å². The summed E-state index contributed by atoms with van der Waals surface area (Å²) in [5, 5.41) is 3.01. The van der Waals surface area contributed by atoms with Crippen LogP contribution in [0, 0.1) is 5.92 Å². The zero-order valence-electron chi connectivity index (χ0n) is 11.0. The maximum absolute atomic E-state index is 10.9. The first-order valence-corrected chi connectivity index (χ1v) is 6.45. The molecule has 1 aromatic rings. The smallest absolute Gasteiger partial charge is 0.148 e. The topological polar surface area (TPSA) is 58.1 Å². The van der Waals surface area contributed by atoms with E-state index in [0.29, 0.717) is 12.4 Å². The minimum atomic E-state index is 0.0990. The van der Waals surface area contributed by atoms with Gasteiger partial charge >= 0.3 is 0 Å². The Balaban J connectivity index is 2.00. The largest absolute Gasteiger partial charge is 0.363 e. The van der Waals surface area contributed by atoms with E-state index in [2.05, 4.69) is 27.1 Å². The van der Waals surface area contributed by atoms with Gasteiger partial charge in [0.15, 0.2) is 0 Å². The lowest BCUT2D eigenvalue weighted by Crippen LogP contribution is -2.33. The summed E-state index contributed by atoms with van der Waals surface area (Å²) in [7, 11) is 0. The molecule has 0 radical (unpaired) electrons. The molecule has 0 amide bonds. The van der Waals surface area contributed by atoms with Crippen LogP contribution in [0.25, 0.3) is 0 Å². The lowest BCUT2D eigenvalue weighted by atomic mass is 9.99. The molecule has 1 N–H and O–H groups in total. The predicted molar refractivity (Wildman–Crippen MR) is 71.8 cm³/mol. The second-order valence-corrected chi connectivity index (χ2v) is 4.99. The van der Waals surface area contributed by atoms with Crippen molar-refractivity contribution in [1.82, 2.24) is 9.97 Å². The Kier molecular flexibility index (Phi) is 4.12. The van der Waals surface area contributed by atoms with Gasteiger partial charge in [0, 0.05) is 19.2 Å². The third kappa shape index (κ3) is 3.42. The Bertz CT molecular complexity index is 413. The first-order valence-electron chi connectivity index (χ1n) is 6.45. The number of piperidine rings is 1. The van der Waals surface area contributed by atoms with Crippen molar-refractivity contribution >= 4 is 17.4 Å². The Hall–Kier alpha value is -1.65. The van der Waals surface area contributed by atoms with Gasteiger partial charge in [-0.2, -0.15) is 0 Å². The fourth-order valence-corrected chi connectivity index (χ4v) is 2.07. The van der Waals surface area contributed by atoms with Crippen molar-refractivity contribution in [2.45, 2.75) is 26.7 Å². The Morgan fingerprint density at radius 3 is 2.83 bits per heavy atom. The molecule has 98 valence electrons. The number of carbonyl (C=O) groups excluding carboxylic acids is 1. The minimum Gasteiger partial charge on any atom is -0.363 e. The normalized spacial score (nSPS) is 16.7. The highest BCUT2D eigenvalue weighted by molar-refractivity contribution is 5.80. The van der Waals surface area contributed by atoms with Crippen LogP contribution in [-0.4, -0.2) is 35.4 Å². The lowest BCUT2D eigenvalue weighted by Gasteiger charge is -2.31. The number of hydrogen-bond acceptors (Lipinski definition) is 5. The number of carbonyl (C=O) groups is 1. The zero-order chi connectivity index (χ0) is 13.0. The molecule has 0 aromatic carbocycles. The van der Waals surface area contributed by atoms with Crippen LogP contribution in [0.3, 0.4) is 0 Å². The van der Waals surface area contributed by atoms with Crippen molar-refractivity contribution in [3.05, 3.63) is 12.4 Å². The van der Waals surface area contributed by atoms with E-state index in [0.717, 1.165) is 24.8 Å². The summed E-state index contributed by atoms with van der Waals surface area (Å²) in [4.78, 5) is 21.6. The molecule has 0 atom stereocenters. The van der Waals surface area contributed by atoms with Gasteiger partial charge in [-0.05, 0) is 25.7 Å². The van der Waals surface area contributed by atoms with Crippen LogP contribution >= 0.6 is 0 Å². The van der Waals surface area contributed by atoms with E-state index in [4.69, 9.17) is 0 Å². The van der Waals surface area contributed by atoms with Gasteiger partial charge in [-0.3, -0.25) is 4.79 Å². The average molecular weight is 248 g/mol. The van der Waals surface area contributed by atoms with Gasteiger partial charge in [-0.1, -0.05) is 6.92 Å². The number of aromatic nitrogens is 2. The predicted octanol–water partition coefficient (Wildman–Crippen LogP) is 1.71. The van der Waals surface area contributed by atoms with Gasteiger partial charge in [-0.25, -0.2) is 9.97 Å². The molecule has 0 bridgehead atoms. The van der Waals surface area contributed by atoms with Gasteiger partial charge in [0.1, 0.15) is 23.7 Å². The second kappa shape index (κ2) is 5.80. The Morgan fingerprint density at radius 2 is 2.17 bits per heavy atom. The van der Waals surface area contributed by atoms with E-state index < -0.39 is 0 Å². The third-order valence-electron chi connectivity index (χ3n) is 3.28. The maximum atomic E-state index is 10.9. The quantitative estimate of drug-likeness (QED) is 0.879. The molecule has 5 nitrogen and oxygen atoms in total. The molecule has 5 heteroatoms. The van der Waals surface area contributed by atoms with Crippen LogP contribution in [0.4, 0.5) is 11.6 Å². The molecule has 1 aliphatic heterocycles. The molecule has 2 rings (SSSR count). The highest BCUT2D eigenvalue weighted by atomic mass is 16.1. The maximum Gasteiger partial charge on any atom is 0.148 e. The molecule has 1 fully saturated rings. The summed E-state index contributed by atoms with van der Waals surface area (Å²) in [5.41, 5.74) is 0. The molecular formula is C13H20N4O. The number of nitrogens with zero attached hydrogens (tertiary/aromatic N) is 3. The third-order valence-corrected chi connectivity index (χ3v) is 3.28. The van der Waals surface area contributed by atoms with Crippen LogP contribution < -0.4 is 10.2 Å². The summed E-state index contributed by atoms with van der Waals surface area (Å²) in [6, 6.07) is 1.92. The molecule has 1 aromatic heterocycles. The van der Waals surface area contributed by atoms with Crippen molar-refractivity contribution in [3.63, 3.8) is 0 Å². The number of rotatable bonds is 4. The van der Waals surface area contributed by atoms with Gasteiger partial charge in [0.05, 0.1) is 6.54 Å². The molecule has 0 spiro atoms. The Labute approximate surface area is 108 Å². The molecule has 1 saturated heterocycles. The van der Waals surface area contributed by atoms with Crippen molar-refractivity contribution in [2.24, 2.45) is 5.92 Å². The van der Waals surface area contributed by atoms with E-state index in [-0.39, 0.29) is 5.78 Å². The number of ketones is 1. The Morgan fingerprint density at radius 1 is 1.44 bits per heavy atom. The first kappa shape index (κ1) is 12.8. The standard InChI is InChI=1S/C13H20N4O/c1-10-3-5-17(6-4-10)13-7-12(15-9-16-13)14-8-11(2)18/h7,9-10H,3-6,8H2,1-2H3,(H,14,15,16). The van der Waals surface area contributed by atoms with Gasteiger partial charge in [0.25, 0.3) is 0 Å². The highest BCUT2D eigenvalue weighted by Gasteiger charge is 2.17. The van der Waals surface area contributed by atoms with Crippen molar-refractivity contribution in [2.75, 3.05) is 29.9 Å². The molecular weight excluding hydrogens is 228 g/mol. The zero-order valence-corrected chi connectivity index (χ0v) is 11.0. The first-order chi connectivity index (χ1) is 8.65. The highest BCUT2D eigenvalue weighted by Crippen LogP contribution is 2.22. The van der Waals surface area contributed by atoms with Crippen LogP contribution in [0.5, 0.6) is 0 Å². The summed E-state index contributed by atoms with van der Waals surface area (Å²) < 4.78 is 0. The van der Waals surface area contributed by atoms with Crippen molar-refractivity contribution in [1.29, 1.82) is 0 Å².